The molecule has 1 aromatic rings. The molecule has 1 saturated heterocycles. The van der Waals surface area contributed by atoms with Gasteiger partial charge in [-0.05, 0) is 39.2 Å². The standard InChI is InChI=1S/C15H23N3S/c1-5-7-12-10-18(15(2,3)4)11-13(12)19-14-16-8-6-9-17-14/h5-6,8-9,12-13H,1,7,10-11H2,2-4H3/t12-,13-/m1/s1. The van der Waals surface area contributed by atoms with Gasteiger partial charge in [0.05, 0.1) is 0 Å². The minimum absolute atomic E-state index is 0.228. The summed E-state index contributed by atoms with van der Waals surface area (Å²) in [7, 11) is 0. The van der Waals surface area contributed by atoms with E-state index in [-0.39, 0.29) is 5.54 Å². The maximum Gasteiger partial charge on any atom is 0.187 e. The third-order valence-corrected chi connectivity index (χ3v) is 4.86. The summed E-state index contributed by atoms with van der Waals surface area (Å²) in [5.74, 6) is 0.644. The largest absolute Gasteiger partial charge is 0.297 e. The number of likely N-dealkylation sites (tertiary alicyclic amines) is 1. The van der Waals surface area contributed by atoms with Gasteiger partial charge in [-0.15, -0.1) is 6.58 Å². The van der Waals surface area contributed by atoms with E-state index in [0.717, 1.165) is 24.7 Å². The summed E-state index contributed by atoms with van der Waals surface area (Å²) in [4.78, 5) is 11.2. The Kier molecular flexibility index (Phi) is 4.63. The van der Waals surface area contributed by atoms with Gasteiger partial charge in [-0.2, -0.15) is 0 Å². The predicted molar refractivity (Wildman–Crippen MR) is 81.3 cm³/mol. The smallest absolute Gasteiger partial charge is 0.187 e. The lowest BCUT2D eigenvalue weighted by Gasteiger charge is -2.31. The Hall–Kier alpha value is -0.870. The molecule has 0 bridgehead atoms. The van der Waals surface area contributed by atoms with E-state index in [9.17, 15) is 0 Å². The fourth-order valence-corrected chi connectivity index (χ4v) is 3.60. The highest BCUT2D eigenvalue weighted by Crippen LogP contribution is 2.36. The molecule has 0 radical (unpaired) electrons. The fraction of sp³-hybridized carbons (Fsp3) is 0.600. The van der Waals surface area contributed by atoms with Crippen LogP contribution in [0.4, 0.5) is 0 Å². The summed E-state index contributed by atoms with van der Waals surface area (Å²) in [5.41, 5.74) is 0.228. The van der Waals surface area contributed by atoms with Crippen molar-refractivity contribution in [2.45, 2.75) is 43.1 Å². The second-order valence-corrected chi connectivity index (χ2v) is 7.25. The number of allylic oxidation sites excluding steroid dienone is 1. The summed E-state index contributed by atoms with van der Waals surface area (Å²) in [6.07, 6.45) is 6.73. The zero-order valence-corrected chi connectivity index (χ0v) is 12.9. The normalized spacial score (nSPS) is 24.6. The molecule has 0 unspecified atom stereocenters. The Morgan fingerprint density at radius 3 is 2.63 bits per heavy atom. The van der Waals surface area contributed by atoms with E-state index in [1.165, 1.54) is 0 Å². The molecule has 2 rings (SSSR count). The summed E-state index contributed by atoms with van der Waals surface area (Å²) < 4.78 is 0. The van der Waals surface area contributed by atoms with Crippen LogP contribution in [-0.2, 0) is 0 Å². The van der Waals surface area contributed by atoms with Crippen molar-refractivity contribution >= 4 is 11.8 Å². The summed E-state index contributed by atoms with van der Waals surface area (Å²) in [6.45, 7) is 13.0. The van der Waals surface area contributed by atoms with Crippen molar-refractivity contribution in [2.75, 3.05) is 13.1 Å². The van der Waals surface area contributed by atoms with Gasteiger partial charge in [0, 0.05) is 36.3 Å². The molecule has 1 aliphatic rings. The zero-order chi connectivity index (χ0) is 13.9. The van der Waals surface area contributed by atoms with Gasteiger partial charge in [0.1, 0.15) is 0 Å². The maximum absolute atomic E-state index is 4.33. The molecular formula is C15H23N3S. The third kappa shape index (κ3) is 3.80. The quantitative estimate of drug-likeness (QED) is 0.624. The second kappa shape index (κ2) is 6.06. The van der Waals surface area contributed by atoms with Crippen LogP contribution in [0.1, 0.15) is 27.2 Å². The average molecular weight is 277 g/mol. The molecule has 0 aromatic carbocycles. The topological polar surface area (TPSA) is 29.0 Å². The molecule has 3 nitrogen and oxygen atoms in total. The van der Waals surface area contributed by atoms with E-state index < -0.39 is 0 Å². The number of rotatable bonds is 4. The van der Waals surface area contributed by atoms with Gasteiger partial charge in [0.25, 0.3) is 0 Å². The maximum atomic E-state index is 4.33. The van der Waals surface area contributed by atoms with E-state index in [1.807, 2.05) is 36.3 Å². The van der Waals surface area contributed by atoms with Gasteiger partial charge in [-0.3, -0.25) is 4.90 Å². The van der Waals surface area contributed by atoms with Gasteiger partial charge < -0.3 is 0 Å². The lowest BCUT2D eigenvalue weighted by molar-refractivity contribution is 0.168. The van der Waals surface area contributed by atoms with Gasteiger partial charge >= 0.3 is 0 Å². The SMILES string of the molecule is C=CC[C@@H]1CN(C(C)(C)C)C[C@H]1Sc1ncccn1. The Morgan fingerprint density at radius 1 is 1.37 bits per heavy atom. The highest BCUT2D eigenvalue weighted by Gasteiger charge is 2.37. The van der Waals surface area contributed by atoms with Crippen molar-refractivity contribution in [2.24, 2.45) is 5.92 Å². The van der Waals surface area contributed by atoms with Crippen molar-refractivity contribution < 1.29 is 0 Å². The van der Waals surface area contributed by atoms with Crippen LogP contribution in [-0.4, -0.2) is 38.7 Å². The van der Waals surface area contributed by atoms with E-state index >= 15 is 0 Å². The van der Waals surface area contributed by atoms with Crippen molar-refractivity contribution in [3.63, 3.8) is 0 Å². The van der Waals surface area contributed by atoms with E-state index in [4.69, 9.17) is 0 Å². The molecular weight excluding hydrogens is 254 g/mol. The highest BCUT2D eigenvalue weighted by molar-refractivity contribution is 7.99. The monoisotopic (exact) mass is 277 g/mol. The minimum atomic E-state index is 0.228. The first-order chi connectivity index (χ1) is 9.00. The molecule has 104 valence electrons. The number of nitrogens with zero attached hydrogens (tertiary/aromatic N) is 3. The van der Waals surface area contributed by atoms with Crippen LogP contribution in [0.15, 0.2) is 36.3 Å². The van der Waals surface area contributed by atoms with Crippen LogP contribution in [0.2, 0.25) is 0 Å². The van der Waals surface area contributed by atoms with Crippen LogP contribution in [0.25, 0.3) is 0 Å². The van der Waals surface area contributed by atoms with E-state index in [1.54, 1.807) is 0 Å². The van der Waals surface area contributed by atoms with Crippen LogP contribution in [0, 0.1) is 5.92 Å². The molecule has 19 heavy (non-hydrogen) atoms. The molecule has 1 aliphatic heterocycles. The first-order valence-corrected chi connectivity index (χ1v) is 7.68. The minimum Gasteiger partial charge on any atom is -0.297 e. The molecule has 0 aliphatic carbocycles. The van der Waals surface area contributed by atoms with Gasteiger partial charge in [0.15, 0.2) is 5.16 Å². The van der Waals surface area contributed by atoms with Crippen molar-refractivity contribution in [3.8, 4) is 0 Å². The molecule has 2 heterocycles. The molecule has 0 N–H and O–H groups in total. The molecule has 2 atom stereocenters. The van der Waals surface area contributed by atoms with Crippen LogP contribution < -0.4 is 0 Å². The Morgan fingerprint density at radius 2 is 2.05 bits per heavy atom. The van der Waals surface area contributed by atoms with Gasteiger partial charge in [-0.25, -0.2) is 9.97 Å². The molecule has 0 amide bonds. The fourth-order valence-electron chi connectivity index (χ4n) is 2.44. The van der Waals surface area contributed by atoms with Crippen LogP contribution >= 0.6 is 11.8 Å². The lowest BCUT2D eigenvalue weighted by Crippen LogP contribution is -2.39. The van der Waals surface area contributed by atoms with Crippen LogP contribution in [0.3, 0.4) is 0 Å². The molecule has 1 fully saturated rings. The molecule has 4 heteroatoms. The van der Waals surface area contributed by atoms with Crippen molar-refractivity contribution in [1.82, 2.24) is 14.9 Å². The van der Waals surface area contributed by atoms with Crippen molar-refractivity contribution in [3.05, 3.63) is 31.1 Å². The van der Waals surface area contributed by atoms with Gasteiger partial charge in [0.2, 0.25) is 0 Å². The molecule has 1 aromatic heterocycles. The molecule has 0 saturated carbocycles. The highest BCUT2D eigenvalue weighted by atomic mass is 32.2. The van der Waals surface area contributed by atoms with E-state index in [2.05, 4.69) is 42.2 Å². The second-order valence-electron chi connectivity index (χ2n) is 6.05. The number of hydrogen-bond donors (Lipinski definition) is 0. The molecule has 0 spiro atoms. The zero-order valence-electron chi connectivity index (χ0n) is 12.0. The lowest BCUT2D eigenvalue weighted by atomic mass is 10.0. The first-order valence-electron chi connectivity index (χ1n) is 6.80. The summed E-state index contributed by atoms with van der Waals surface area (Å²) in [5, 5.41) is 1.44. The predicted octanol–water partition coefficient (Wildman–Crippen LogP) is 3.24. The Bertz CT molecular complexity index is 413. The summed E-state index contributed by atoms with van der Waals surface area (Å²) >= 11 is 1.81. The number of thioether (sulfide) groups is 1. The average Bonchev–Trinajstić information content (AvgIpc) is 2.74. The Labute approximate surface area is 120 Å². The van der Waals surface area contributed by atoms with Crippen LogP contribution in [0.5, 0.6) is 0 Å². The summed E-state index contributed by atoms with van der Waals surface area (Å²) in [6, 6.07) is 1.86. The first kappa shape index (κ1) is 14.5. The Balaban J connectivity index is 2.07. The third-order valence-electron chi connectivity index (χ3n) is 3.60. The number of aromatic nitrogens is 2. The van der Waals surface area contributed by atoms with E-state index in [0.29, 0.717) is 11.2 Å². The number of hydrogen-bond acceptors (Lipinski definition) is 4. The van der Waals surface area contributed by atoms with Gasteiger partial charge in [-0.1, -0.05) is 17.8 Å². The van der Waals surface area contributed by atoms with Crippen molar-refractivity contribution in [1.29, 1.82) is 0 Å².